The van der Waals surface area contributed by atoms with E-state index < -0.39 is 17.7 Å². The van der Waals surface area contributed by atoms with Crippen LogP contribution in [0.3, 0.4) is 0 Å². The molecule has 8 heteroatoms. The number of hydrogen-bond donors (Lipinski definition) is 1. The summed E-state index contributed by atoms with van der Waals surface area (Å²) in [5, 5.41) is 11.9. The molecule has 2 aromatic carbocycles. The fourth-order valence-electron chi connectivity index (χ4n) is 3.96. The Balaban J connectivity index is 2.06. The van der Waals surface area contributed by atoms with E-state index >= 15 is 0 Å². The number of ether oxygens (including phenoxy) is 2. The van der Waals surface area contributed by atoms with Gasteiger partial charge >= 0.3 is 0 Å². The number of methoxy groups -OCH3 is 1. The molecule has 3 rings (SSSR count). The predicted molar refractivity (Wildman–Crippen MR) is 134 cm³/mol. The van der Waals surface area contributed by atoms with E-state index in [0.29, 0.717) is 46.6 Å². The SMILES string of the molecule is CCCCOc1ccc(/C(O)=C2\C(=O)C(=O)N(CCCOC)[C@@H]2c2ccc(Cl)c(Cl)c2)cc1C. The lowest BCUT2D eigenvalue weighted by atomic mass is 9.94. The number of carbonyl (C=O) groups excluding carboxylic acids is 2. The van der Waals surface area contributed by atoms with Crippen molar-refractivity contribution < 1.29 is 24.2 Å². The van der Waals surface area contributed by atoms with Crippen molar-refractivity contribution in [2.75, 3.05) is 26.9 Å². The number of aliphatic hydroxyl groups is 1. The smallest absolute Gasteiger partial charge is 0.295 e. The zero-order chi connectivity index (χ0) is 24.8. The van der Waals surface area contributed by atoms with E-state index in [1.54, 1.807) is 43.5 Å². The average Bonchev–Trinajstić information content (AvgIpc) is 3.06. The van der Waals surface area contributed by atoms with Crippen molar-refractivity contribution in [2.24, 2.45) is 0 Å². The van der Waals surface area contributed by atoms with Gasteiger partial charge in [-0.1, -0.05) is 42.6 Å². The summed E-state index contributed by atoms with van der Waals surface area (Å²) in [6, 6.07) is 9.34. The van der Waals surface area contributed by atoms with Gasteiger partial charge in [0.1, 0.15) is 11.5 Å². The summed E-state index contributed by atoms with van der Waals surface area (Å²) in [4.78, 5) is 27.5. The van der Waals surface area contributed by atoms with Crippen LogP contribution in [0.1, 0.15) is 48.9 Å². The molecule has 0 aromatic heterocycles. The Morgan fingerprint density at radius 2 is 1.82 bits per heavy atom. The van der Waals surface area contributed by atoms with Crippen molar-refractivity contribution in [3.05, 3.63) is 68.7 Å². The van der Waals surface area contributed by atoms with Crippen LogP contribution in [0.2, 0.25) is 10.0 Å². The molecule has 0 unspecified atom stereocenters. The highest BCUT2D eigenvalue weighted by Gasteiger charge is 2.45. The van der Waals surface area contributed by atoms with Gasteiger partial charge in [0, 0.05) is 25.8 Å². The zero-order valence-corrected chi connectivity index (χ0v) is 21.1. The van der Waals surface area contributed by atoms with Crippen LogP contribution in [-0.2, 0) is 14.3 Å². The lowest BCUT2D eigenvalue weighted by Crippen LogP contribution is -2.31. The second kappa shape index (κ2) is 11.7. The molecule has 1 heterocycles. The number of ketones is 1. The molecule has 1 saturated heterocycles. The predicted octanol–water partition coefficient (Wildman–Crippen LogP) is 5.94. The van der Waals surface area contributed by atoms with E-state index in [1.165, 1.54) is 4.90 Å². The number of nitrogens with zero attached hydrogens (tertiary/aromatic N) is 1. The van der Waals surface area contributed by atoms with E-state index in [4.69, 9.17) is 32.7 Å². The number of aryl methyl sites for hydroxylation is 1. The van der Waals surface area contributed by atoms with Crippen molar-refractivity contribution in [1.82, 2.24) is 4.90 Å². The average molecular weight is 506 g/mol. The number of unbranched alkanes of at least 4 members (excludes halogenated alkanes) is 1. The first-order valence-electron chi connectivity index (χ1n) is 11.3. The Morgan fingerprint density at radius 3 is 2.47 bits per heavy atom. The molecule has 0 spiro atoms. The van der Waals surface area contributed by atoms with Crippen molar-refractivity contribution in [1.29, 1.82) is 0 Å². The second-order valence-electron chi connectivity index (χ2n) is 8.19. The van der Waals surface area contributed by atoms with Gasteiger partial charge in [0.15, 0.2) is 0 Å². The first kappa shape index (κ1) is 26.1. The summed E-state index contributed by atoms with van der Waals surface area (Å²) in [5.41, 5.74) is 1.85. The molecule has 2 aromatic rings. The van der Waals surface area contributed by atoms with Crippen molar-refractivity contribution in [3.8, 4) is 5.75 Å². The van der Waals surface area contributed by atoms with Gasteiger partial charge in [-0.2, -0.15) is 0 Å². The molecular formula is C26H29Cl2NO5. The maximum atomic E-state index is 13.1. The van der Waals surface area contributed by atoms with Gasteiger partial charge in [-0.25, -0.2) is 0 Å². The molecular weight excluding hydrogens is 477 g/mol. The number of halogens is 2. The van der Waals surface area contributed by atoms with Gasteiger partial charge in [-0.15, -0.1) is 0 Å². The van der Waals surface area contributed by atoms with Gasteiger partial charge in [0.05, 0.1) is 28.3 Å². The Morgan fingerprint density at radius 1 is 1.06 bits per heavy atom. The highest BCUT2D eigenvalue weighted by molar-refractivity contribution is 6.46. The van der Waals surface area contributed by atoms with Gasteiger partial charge < -0.3 is 19.5 Å². The fourth-order valence-corrected chi connectivity index (χ4v) is 4.27. The Bertz CT molecular complexity index is 1100. The molecule has 6 nitrogen and oxygen atoms in total. The quantitative estimate of drug-likeness (QED) is 0.187. The van der Waals surface area contributed by atoms with Crippen LogP contribution in [0, 0.1) is 6.92 Å². The lowest BCUT2D eigenvalue weighted by Gasteiger charge is -2.25. The third-order valence-corrected chi connectivity index (χ3v) is 6.49. The summed E-state index contributed by atoms with van der Waals surface area (Å²) in [6.07, 6.45) is 2.50. The monoisotopic (exact) mass is 505 g/mol. The number of Topliss-reactive ketones (excluding diaryl/α,β-unsaturated/α-hetero) is 1. The Hall–Kier alpha value is -2.54. The number of rotatable bonds is 10. The molecule has 34 heavy (non-hydrogen) atoms. The van der Waals surface area contributed by atoms with Crippen LogP contribution >= 0.6 is 23.2 Å². The molecule has 0 aliphatic carbocycles. The molecule has 0 radical (unpaired) electrons. The van der Waals surface area contributed by atoms with Crippen LogP contribution in [0.25, 0.3) is 5.76 Å². The summed E-state index contributed by atoms with van der Waals surface area (Å²) >= 11 is 12.3. The summed E-state index contributed by atoms with van der Waals surface area (Å²) < 4.78 is 10.9. The first-order valence-corrected chi connectivity index (χ1v) is 12.0. The number of hydrogen-bond acceptors (Lipinski definition) is 5. The fraction of sp³-hybridized carbons (Fsp3) is 0.385. The number of amides is 1. The van der Waals surface area contributed by atoms with Gasteiger partial charge in [-0.05, 0) is 61.2 Å². The zero-order valence-electron chi connectivity index (χ0n) is 19.6. The third-order valence-electron chi connectivity index (χ3n) is 5.75. The largest absolute Gasteiger partial charge is 0.507 e. The van der Waals surface area contributed by atoms with Crippen LogP contribution in [-0.4, -0.2) is 48.6 Å². The molecule has 182 valence electrons. The van der Waals surface area contributed by atoms with Gasteiger partial charge in [-0.3, -0.25) is 9.59 Å². The molecule has 0 bridgehead atoms. The summed E-state index contributed by atoms with van der Waals surface area (Å²) in [5.74, 6) is -0.949. The number of benzene rings is 2. The minimum absolute atomic E-state index is 0.0138. The molecule has 1 aliphatic rings. The van der Waals surface area contributed by atoms with Crippen molar-refractivity contribution in [3.63, 3.8) is 0 Å². The van der Waals surface area contributed by atoms with E-state index in [1.807, 2.05) is 6.92 Å². The van der Waals surface area contributed by atoms with E-state index in [2.05, 4.69) is 6.92 Å². The normalized spacial score (nSPS) is 17.4. The number of aliphatic hydroxyl groups excluding tert-OH is 1. The number of carbonyl (C=O) groups is 2. The number of likely N-dealkylation sites (tertiary alicyclic amines) is 1. The van der Waals surface area contributed by atoms with Gasteiger partial charge in [0.2, 0.25) is 0 Å². The van der Waals surface area contributed by atoms with Crippen molar-refractivity contribution in [2.45, 2.75) is 39.2 Å². The van der Waals surface area contributed by atoms with Crippen LogP contribution in [0.4, 0.5) is 0 Å². The highest BCUT2D eigenvalue weighted by atomic mass is 35.5. The summed E-state index contributed by atoms with van der Waals surface area (Å²) in [7, 11) is 1.57. The first-order chi connectivity index (χ1) is 16.3. The molecule has 1 amide bonds. The van der Waals surface area contributed by atoms with Crippen LogP contribution in [0.5, 0.6) is 5.75 Å². The second-order valence-corrected chi connectivity index (χ2v) is 9.01. The molecule has 1 atom stereocenters. The van der Waals surface area contributed by atoms with E-state index in [0.717, 1.165) is 18.4 Å². The Labute approximate surface area is 210 Å². The maximum Gasteiger partial charge on any atom is 0.295 e. The third kappa shape index (κ3) is 5.57. The molecule has 1 fully saturated rings. The molecule has 1 aliphatic heterocycles. The highest BCUT2D eigenvalue weighted by Crippen LogP contribution is 2.41. The lowest BCUT2D eigenvalue weighted by molar-refractivity contribution is -0.140. The van der Waals surface area contributed by atoms with Crippen molar-refractivity contribution >= 4 is 40.7 Å². The summed E-state index contributed by atoms with van der Waals surface area (Å²) in [6.45, 7) is 5.27. The minimum atomic E-state index is -0.799. The minimum Gasteiger partial charge on any atom is -0.507 e. The van der Waals surface area contributed by atoms with E-state index in [-0.39, 0.29) is 17.9 Å². The van der Waals surface area contributed by atoms with E-state index in [9.17, 15) is 14.7 Å². The molecule has 0 saturated carbocycles. The Kier molecular flexibility index (Phi) is 9.00. The topological polar surface area (TPSA) is 76.1 Å². The molecule has 1 N–H and O–H groups in total. The van der Waals surface area contributed by atoms with Crippen LogP contribution in [0.15, 0.2) is 42.0 Å². The van der Waals surface area contributed by atoms with Crippen LogP contribution < -0.4 is 4.74 Å². The maximum absolute atomic E-state index is 13.1. The standard InChI is InChI=1S/C26H29Cl2NO5/c1-4-5-13-34-21-10-8-18(14-16(21)2)24(30)22-23(17-7-9-19(27)20(28)15-17)29(11-6-12-33-3)26(32)25(22)31/h7-10,14-15,23,30H,4-6,11-13H2,1-3H3/b24-22+/t23-/m1/s1. The van der Waals surface area contributed by atoms with Gasteiger partial charge in [0.25, 0.3) is 11.7 Å².